The van der Waals surface area contributed by atoms with Gasteiger partial charge < -0.3 is 11.1 Å². The van der Waals surface area contributed by atoms with Crippen molar-refractivity contribution in [1.29, 1.82) is 0 Å². The van der Waals surface area contributed by atoms with E-state index in [2.05, 4.69) is 15.3 Å². The summed E-state index contributed by atoms with van der Waals surface area (Å²) < 4.78 is 38.5. The van der Waals surface area contributed by atoms with E-state index < -0.39 is 26.3 Å². The molecule has 3 rings (SSSR count). The Morgan fingerprint density at radius 3 is 2.41 bits per heavy atom. The minimum atomic E-state index is -3.66. The monoisotopic (exact) mass is 416 g/mol. The van der Waals surface area contributed by atoms with Crippen LogP contribution in [0.15, 0.2) is 41.7 Å². The fourth-order valence-corrected chi connectivity index (χ4v) is 4.21. The van der Waals surface area contributed by atoms with E-state index in [1.165, 1.54) is 24.5 Å². The average Bonchev–Trinajstić information content (AvgIpc) is 2.61. The highest BCUT2D eigenvalue weighted by Gasteiger charge is 2.32. The molecule has 0 spiro atoms. The number of aryl methyl sites for hydroxylation is 1. The second-order valence-electron chi connectivity index (χ2n) is 7.68. The lowest BCUT2D eigenvalue weighted by Gasteiger charge is -2.21. The van der Waals surface area contributed by atoms with Crippen molar-refractivity contribution in [1.82, 2.24) is 9.97 Å². The van der Waals surface area contributed by atoms with E-state index in [0.29, 0.717) is 16.5 Å². The summed E-state index contributed by atoms with van der Waals surface area (Å²) in [5.74, 6) is -1.32. The van der Waals surface area contributed by atoms with Gasteiger partial charge in [0.1, 0.15) is 5.82 Å². The lowest BCUT2D eigenvalue weighted by molar-refractivity contribution is 0.100. The van der Waals surface area contributed by atoms with E-state index >= 15 is 0 Å². The zero-order chi connectivity index (χ0) is 21.6. The van der Waals surface area contributed by atoms with Crippen LogP contribution in [0.25, 0.3) is 10.9 Å². The molecule has 3 aromatic rings. The fourth-order valence-electron chi connectivity index (χ4n) is 2.90. The van der Waals surface area contributed by atoms with Crippen molar-refractivity contribution in [2.24, 2.45) is 5.73 Å². The molecule has 29 heavy (non-hydrogen) atoms. The quantitative estimate of drug-likeness (QED) is 0.673. The van der Waals surface area contributed by atoms with Gasteiger partial charge >= 0.3 is 0 Å². The number of carbonyl (C=O) groups is 1. The number of hydrogen-bond acceptors (Lipinski definition) is 6. The van der Waals surface area contributed by atoms with E-state index in [9.17, 15) is 17.6 Å². The number of benzene rings is 1. The number of nitrogens with one attached hydrogen (secondary N) is 1. The molecule has 3 N–H and O–H groups in total. The lowest BCUT2D eigenvalue weighted by Crippen LogP contribution is -2.28. The van der Waals surface area contributed by atoms with Gasteiger partial charge in [-0.05, 0) is 45.4 Å². The summed E-state index contributed by atoms with van der Waals surface area (Å²) in [4.78, 5) is 20.1. The molecular weight excluding hydrogens is 395 g/mol. The Bertz CT molecular complexity index is 1230. The second kappa shape index (κ2) is 7.07. The van der Waals surface area contributed by atoms with E-state index in [1.807, 2.05) is 0 Å². The molecule has 0 bridgehead atoms. The summed E-state index contributed by atoms with van der Waals surface area (Å²) >= 11 is 0. The highest BCUT2D eigenvalue weighted by molar-refractivity contribution is 7.92. The van der Waals surface area contributed by atoms with Crippen molar-refractivity contribution in [3.05, 3.63) is 53.7 Å². The summed E-state index contributed by atoms with van der Waals surface area (Å²) in [5, 5.41) is 3.33. The molecule has 0 aliphatic rings. The van der Waals surface area contributed by atoms with Crippen LogP contribution >= 0.6 is 0 Å². The number of primary amides is 1. The van der Waals surface area contributed by atoms with Gasteiger partial charge in [0, 0.05) is 17.6 Å². The molecule has 0 saturated carbocycles. The number of amides is 1. The van der Waals surface area contributed by atoms with Gasteiger partial charge in [-0.3, -0.25) is 14.8 Å². The van der Waals surface area contributed by atoms with Crippen LogP contribution in [0.2, 0.25) is 0 Å². The highest BCUT2D eigenvalue weighted by atomic mass is 32.2. The molecule has 2 aromatic heterocycles. The summed E-state index contributed by atoms with van der Waals surface area (Å²) in [5.41, 5.74) is 7.17. The number of anilines is 2. The molecular formula is C20H21FN4O3S. The Morgan fingerprint density at radius 2 is 1.83 bits per heavy atom. The van der Waals surface area contributed by atoms with Crippen molar-refractivity contribution in [2.45, 2.75) is 37.3 Å². The van der Waals surface area contributed by atoms with Crippen molar-refractivity contribution >= 4 is 38.0 Å². The fraction of sp³-hybridized carbons (Fsp3) is 0.250. The molecule has 0 radical (unpaired) electrons. The number of carbonyl (C=O) groups excluding carboxylic acids is 1. The first-order valence-corrected chi connectivity index (χ1v) is 10.3. The third kappa shape index (κ3) is 3.77. The molecule has 152 valence electrons. The number of halogens is 1. The average molecular weight is 416 g/mol. The topological polar surface area (TPSA) is 115 Å². The van der Waals surface area contributed by atoms with Gasteiger partial charge in [0.2, 0.25) is 0 Å². The van der Waals surface area contributed by atoms with Crippen molar-refractivity contribution in [3.8, 4) is 0 Å². The standard InChI is InChI=1S/C20H21FN4O3S/c1-11-5-14(29(27,28)20(2,3)4)7-15-17(11)24-10-16(19(22)26)18(15)25-13-6-12(21)8-23-9-13/h5-10H,1-4H3,(H2,22,26)(H,24,25). The maximum Gasteiger partial charge on any atom is 0.252 e. The Balaban J connectivity index is 2.34. The first-order chi connectivity index (χ1) is 13.4. The SMILES string of the molecule is Cc1cc(S(=O)(=O)C(C)(C)C)cc2c(Nc3cncc(F)c3)c(C(N)=O)cnc12. The van der Waals surface area contributed by atoms with Gasteiger partial charge in [0.25, 0.3) is 5.91 Å². The predicted molar refractivity (Wildman–Crippen MR) is 109 cm³/mol. The summed E-state index contributed by atoms with van der Waals surface area (Å²) in [6, 6.07) is 4.21. The number of nitrogens with zero attached hydrogens (tertiary/aromatic N) is 2. The van der Waals surface area contributed by atoms with Gasteiger partial charge in [-0.1, -0.05) is 0 Å². The Hall–Kier alpha value is -3.07. The smallest absolute Gasteiger partial charge is 0.252 e. The minimum absolute atomic E-state index is 0.0477. The van der Waals surface area contributed by atoms with Gasteiger partial charge in [0.05, 0.1) is 44.5 Å². The molecule has 0 saturated heterocycles. The molecule has 9 heteroatoms. The highest BCUT2D eigenvalue weighted by Crippen LogP contribution is 2.35. The van der Waals surface area contributed by atoms with Crippen LogP contribution in [0.3, 0.4) is 0 Å². The van der Waals surface area contributed by atoms with Crippen molar-refractivity contribution in [2.75, 3.05) is 5.32 Å². The van der Waals surface area contributed by atoms with E-state index in [4.69, 9.17) is 5.73 Å². The van der Waals surface area contributed by atoms with Gasteiger partial charge in [-0.25, -0.2) is 12.8 Å². The normalized spacial score (nSPS) is 12.2. The largest absolute Gasteiger partial charge is 0.365 e. The minimum Gasteiger partial charge on any atom is -0.365 e. The van der Waals surface area contributed by atoms with Crippen LogP contribution in [0.1, 0.15) is 36.7 Å². The zero-order valence-corrected chi connectivity index (χ0v) is 17.3. The molecule has 0 fully saturated rings. The molecule has 0 aliphatic carbocycles. The maximum atomic E-state index is 13.6. The van der Waals surface area contributed by atoms with Crippen molar-refractivity contribution < 1.29 is 17.6 Å². The number of pyridine rings is 2. The van der Waals surface area contributed by atoms with Gasteiger partial charge in [0.15, 0.2) is 9.84 Å². The van der Waals surface area contributed by atoms with Gasteiger partial charge in [-0.2, -0.15) is 0 Å². The van der Waals surface area contributed by atoms with E-state index in [-0.39, 0.29) is 21.8 Å². The number of hydrogen-bond donors (Lipinski definition) is 2. The van der Waals surface area contributed by atoms with Crippen LogP contribution in [0.5, 0.6) is 0 Å². The first kappa shape index (κ1) is 20.7. The number of rotatable bonds is 4. The van der Waals surface area contributed by atoms with E-state index in [0.717, 1.165) is 6.20 Å². The van der Waals surface area contributed by atoms with E-state index in [1.54, 1.807) is 33.8 Å². The summed E-state index contributed by atoms with van der Waals surface area (Å²) in [7, 11) is -3.66. The van der Waals surface area contributed by atoms with Crippen LogP contribution < -0.4 is 11.1 Å². The molecule has 0 atom stereocenters. The molecule has 7 nitrogen and oxygen atoms in total. The molecule has 2 heterocycles. The summed E-state index contributed by atoms with van der Waals surface area (Å²) in [6.45, 7) is 6.56. The number of fused-ring (bicyclic) bond motifs is 1. The van der Waals surface area contributed by atoms with Crippen LogP contribution in [0.4, 0.5) is 15.8 Å². The van der Waals surface area contributed by atoms with Crippen LogP contribution in [-0.2, 0) is 9.84 Å². The van der Waals surface area contributed by atoms with Crippen molar-refractivity contribution in [3.63, 3.8) is 0 Å². The summed E-state index contributed by atoms with van der Waals surface area (Å²) in [6.07, 6.45) is 3.73. The Labute approximate surface area is 168 Å². The Morgan fingerprint density at radius 1 is 1.14 bits per heavy atom. The second-order valence-corrected chi connectivity index (χ2v) is 10.4. The molecule has 0 unspecified atom stereocenters. The van der Waals surface area contributed by atoms with Crippen LogP contribution in [-0.4, -0.2) is 29.0 Å². The van der Waals surface area contributed by atoms with Crippen LogP contribution in [0, 0.1) is 12.7 Å². The third-order valence-corrected chi connectivity index (χ3v) is 6.96. The molecule has 1 aromatic carbocycles. The molecule has 1 amide bonds. The Kier molecular flexibility index (Phi) is 5.04. The zero-order valence-electron chi connectivity index (χ0n) is 16.4. The lowest BCUT2D eigenvalue weighted by atomic mass is 10.1. The predicted octanol–water partition coefficient (Wildman–Crippen LogP) is 3.49. The number of aromatic nitrogens is 2. The number of sulfone groups is 1. The van der Waals surface area contributed by atoms with Gasteiger partial charge in [-0.15, -0.1) is 0 Å². The molecule has 0 aliphatic heterocycles. The number of nitrogens with two attached hydrogens (primary N) is 1. The maximum absolute atomic E-state index is 13.6. The first-order valence-electron chi connectivity index (χ1n) is 8.77. The third-order valence-electron chi connectivity index (χ3n) is 4.49.